The monoisotopic (exact) mass is 250 g/mol. The number of carbonyl (C=O) groups is 2. The summed E-state index contributed by atoms with van der Waals surface area (Å²) in [6.45, 7) is 1.87. The van der Waals surface area contributed by atoms with E-state index in [-0.39, 0.29) is 5.91 Å². The molecule has 6 nitrogen and oxygen atoms in total. The molecular formula is C12H14N2O4. The molecule has 1 amide bonds. The van der Waals surface area contributed by atoms with Crippen LogP contribution in [0.4, 0.5) is 5.69 Å². The molecule has 0 bridgehead atoms. The van der Waals surface area contributed by atoms with Gasteiger partial charge in [0.1, 0.15) is 6.10 Å². The molecule has 0 unspecified atom stereocenters. The molecule has 1 aromatic heterocycles. The van der Waals surface area contributed by atoms with E-state index in [0.717, 1.165) is 5.56 Å². The summed E-state index contributed by atoms with van der Waals surface area (Å²) in [6.07, 6.45) is 2.42. The van der Waals surface area contributed by atoms with E-state index in [1.165, 1.54) is 6.20 Å². The lowest BCUT2D eigenvalue weighted by Gasteiger charge is -2.11. The van der Waals surface area contributed by atoms with Crippen molar-refractivity contribution in [3.05, 3.63) is 24.0 Å². The maximum Gasteiger partial charge on any atom is 0.332 e. The molecule has 1 aliphatic heterocycles. The Morgan fingerprint density at radius 3 is 2.72 bits per heavy atom. The average molecular weight is 250 g/mol. The predicted octanol–water partition coefficient (Wildman–Crippen LogP) is 0.961. The van der Waals surface area contributed by atoms with Crippen LogP contribution in [0.5, 0.6) is 0 Å². The van der Waals surface area contributed by atoms with Crippen LogP contribution in [-0.2, 0) is 14.3 Å². The van der Waals surface area contributed by atoms with Gasteiger partial charge in [-0.05, 0) is 31.4 Å². The summed E-state index contributed by atoms with van der Waals surface area (Å²) >= 11 is 0. The van der Waals surface area contributed by atoms with E-state index < -0.39 is 18.2 Å². The van der Waals surface area contributed by atoms with E-state index in [1.807, 2.05) is 6.92 Å². The Hall–Kier alpha value is -1.95. The molecule has 0 aliphatic carbocycles. The number of carbonyl (C=O) groups excluding carboxylic acids is 1. The molecule has 0 spiro atoms. The van der Waals surface area contributed by atoms with Gasteiger partial charge in [0.05, 0.1) is 11.9 Å². The third kappa shape index (κ3) is 2.84. The summed E-state index contributed by atoms with van der Waals surface area (Å²) in [5.74, 6) is -1.35. The SMILES string of the molecule is Cc1cncc(NC(=O)[C@@H]2CC[C@H](C(=O)O)O2)c1. The molecular weight excluding hydrogens is 236 g/mol. The van der Waals surface area contributed by atoms with Crippen LogP contribution in [0.25, 0.3) is 0 Å². The van der Waals surface area contributed by atoms with E-state index in [2.05, 4.69) is 10.3 Å². The fourth-order valence-corrected chi connectivity index (χ4v) is 1.86. The van der Waals surface area contributed by atoms with Gasteiger partial charge in [-0.25, -0.2) is 4.79 Å². The van der Waals surface area contributed by atoms with Crippen molar-refractivity contribution in [1.82, 2.24) is 4.98 Å². The molecule has 0 saturated carbocycles. The van der Waals surface area contributed by atoms with Gasteiger partial charge in [-0.3, -0.25) is 9.78 Å². The molecule has 96 valence electrons. The van der Waals surface area contributed by atoms with Crippen molar-refractivity contribution in [3.8, 4) is 0 Å². The number of aromatic nitrogens is 1. The number of nitrogens with one attached hydrogen (secondary N) is 1. The molecule has 1 saturated heterocycles. The van der Waals surface area contributed by atoms with Gasteiger partial charge in [-0.1, -0.05) is 0 Å². The highest BCUT2D eigenvalue weighted by Gasteiger charge is 2.34. The number of hydrogen-bond donors (Lipinski definition) is 2. The van der Waals surface area contributed by atoms with Crippen LogP contribution in [0.3, 0.4) is 0 Å². The Kier molecular flexibility index (Phi) is 3.57. The van der Waals surface area contributed by atoms with Gasteiger partial charge in [0.25, 0.3) is 5.91 Å². The normalized spacial score (nSPS) is 22.7. The van der Waals surface area contributed by atoms with Crippen LogP contribution in [0.1, 0.15) is 18.4 Å². The molecule has 2 atom stereocenters. The van der Waals surface area contributed by atoms with E-state index in [4.69, 9.17) is 9.84 Å². The molecule has 0 aromatic carbocycles. The first-order valence-corrected chi connectivity index (χ1v) is 5.67. The topological polar surface area (TPSA) is 88.5 Å². The molecule has 1 aromatic rings. The van der Waals surface area contributed by atoms with Crippen molar-refractivity contribution in [2.75, 3.05) is 5.32 Å². The highest BCUT2D eigenvalue weighted by Crippen LogP contribution is 2.21. The van der Waals surface area contributed by atoms with Gasteiger partial charge >= 0.3 is 5.97 Å². The lowest BCUT2D eigenvalue weighted by molar-refractivity contribution is -0.150. The number of hydrogen-bond acceptors (Lipinski definition) is 4. The average Bonchev–Trinajstić information content (AvgIpc) is 2.78. The zero-order valence-electron chi connectivity index (χ0n) is 9.92. The minimum Gasteiger partial charge on any atom is -0.479 e. The number of carboxylic acids is 1. The number of nitrogens with zero attached hydrogens (tertiary/aromatic N) is 1. The van der Waals surface area contributed by atoms with E-state index in [1.54, 1.807) is 12.3 Å². The Morgan fingerprint density at radius 1 is 1.39 bits per heavy atom. The number of pyridine rings is 1. The number of aryl methyl sites for hydroxylation is 1. The van der Waals surface area contributed by atoms with Crippen LogP contribution in [0.15, 0.2) is 18.5 Å². The number of rotatable bonds is 3. The highest BCUT2D eigenvalue weighted by molar-refractivity contribution is 5.94. The molecule has 0 radical (unpaired) electrons. The molecule has 6 heteroatoms. The van der Waals surface area contributed by atoms with E-state index in [0.29, 0.717) is 18.5 Å². The number of amides is 1. The van der Waals surface area contributed by atoms with E-state index in [9.17, 15) is 9.59 Å². The summed E-state index contributed by atoms with van der Waals surface area (Å²) in [6, 6.07) is 1.79. The number of anilines is 1. The minimum absolute atomic E-state index is 0.328. The predicted molar refractivity (Wildman–Crippen MR) is 63.1 cm³/mol. The van der Waals surface area contributed by atoms with Crippen molar-refractivity contribution >= 4 is 17.6 Å². The zero-order chi connectivity index (χ0) is 13.1. The Balaban J connectivity index is 1.95. The molecule has 2 N–H and O–H groups in total. The summed E-state index contributed by atoms with van der Waals surface area (Å²) in [4.78, 5) is 26.5. The van der Waals surface area contributed by atoms with Gasteiger partial charge in [0, 0.05) is 6.20 Å². The second-order valence-electron chi connectivity index (χ2n) is 4.27. The lowest BCUT2D eigenvalue weighted by atomic mass is 10.2. The summed E-state index contributed by atoms with van der Waals surface area (Å²) < 4.78 is 5.16. The lowest BCUT2D eigenvalue weighted by Crippen LogP contribution is -2.29. The van der Waals surface area contributed by atoms with Gasteiger partial charge in [-0.2, -0.15) is 0 Å². The first-order chi connectivity index (χ1) is 8.56. The van der Waals surface area contributed by atoms with Gasteiger partial charge in [-0.15, -0.1) is 0 Å². The second kappa shape index (κ2) is 5.14. The Morgan fingerprint density at radius 2 is 2.11 bits per heavy atom. The summed E-state index contributed by atoms with van der Waals surface area (Å²) in [5.41, 5.74) is 1.52. The standard InChI is InChI=1S/C12H14N2O4/c1-7-4-8(6-13-5-7)14-11(15)9-2-3-10(18-9)12(16)17/h4-6,9-10H,2-3H2,1H3,(H,14,15)(H,16,17)/t9-,10+/m0/s1. The Bertz CT molecular complexity index is 475. The van der Waals surface area contributed by atoms with Crippen LogP contribution < -0.4 is 5.32 Å². The maximum absolute atomic E-state index is 11.8. The third-order valence-electron chi connectivity index (χ3n) is 2.73. The smallest absolute Gasteiger partial charge is 0.332 e. The summed E-state index contributed by atoms with van der Waals surface area (Å²) in [7, 11) is 0. The molecule has 1 fully saturated rings. The van der Waals surface area contributed by atoms with Crippen LogP contribution >= 0.6 is 0 Å². The third-order valence-corrected chi connectivity index (χ3v) is 2.73. The highest BCUT2D eigenvalue weighted by atomic mass is 16.5. The molecule has 2 heterocycles. The van der Waals surface area contributed by atoms with Crippen LogP contribution in [0, 0.1) is 6.92 Å². The van der Waals surface area contributed by atoms with Crippen molar-refractivity contribution < 1.29 is 19.4 Å². The maximum atomic E-state index is 11.8. The quantitative estimate of drug-likeness (QED) is 0.834. The number of ether oxygens (including phenoxy) is 1. The van der Waals surface area contributed by atoms with Crippen molar-refractivity contribution in [1.29, 1.82) is 0 Å². The van der Waals surface area contributed by atoms with Gasteiger partial charge < -0.3 is 15.2 Å². The largest absolute Gasteiger partial charge is 0.479 e. The van der Waals surface area contributed by atoms with Crippen LogP contribution in [0.2, 0.25) is 0 Å². The number of aliphatic carboxylic acids is 1. The molecule has 2 rings (SSSR count). The van der Waals surface area contributed by atoms with Crippen molar-refractivity contribution in [2.45, 2.75) is 32.0 Å². The Labute approximate surface area is 104 Å². The number of carboxylic acid groups (broad SMARTS) is 1. The van der Waals surface area contributed by atoms with E-state index >= 15 is 0 Å². The second-order valence-corrected chi connectivity index (χ2v) is 4.27. The minimum atomic E-state index is -1.03. The van der Waals surface area contributed by atoms with Crippen LogP contribution in [-0.4, -0.2) is 34.2 Å². The van der Waals surface area contributed by atoms with Gasteiger partial charge in [0.2, 0.25) is 0 Å². The fourth-order valence-electron chi connectivity index (χ4n) is 1.86. The summed E-state index contributed by atoms with van der Waals surface area (Å²) in [5, 5.41) is 11.4. The first kappa shape index (κ1) is 12.5. The zero-order valence-corrected chi connectivity index (χ0v) is 9.92. The van der Waals surface area contributed by atoms with Gasteiger partial charge in [0.15, 0.2) is 6.10 Å². The van der Waals surface area contributed by atoms with Crippen molar-refractivity contribution in [3.63, 3.8) is 0 Å². The fraction of sp³-hybridized carbons (Fsp3) is 0.417. The van der Waals surface area contributed by atoms with Crippen molar-refractivity contribution in [2.24, 2.45) is 0 Å². The molecule has 1 aliphatic rings. The first-order valence-electron chi connectivity index (χ1n) is 5.67. The molecule has 18 heavy (non-hydrogen) atoms.